The average molecular weight is 425 g/mol. The van der Waals surface area contributed by atoms with Gasteiger partial charge >= 0.3 is 0 Å². The minimum Gasteiger partial charge on any atom is -0.497 e. The number of nitrogens with one attached hydrogen (secondary N) is 1. The Hall–Kier alpha value is -2.67. The summed E-state index contributed by atoms with van der Waals surface area (Å²) in [6.07, 6.45) is 2.40. The lowest BCUT2D eigenvalue weighted by Crippen LogP contribution is -2.36. The van der Waals surface area contributed by atoms with Gasteiger partial charge in [0.2, 0.25) is 5.91 Å². The Kier molecular flexibility index (Phi) is 6.41. The van der Waals surface area contributed by atoms with E-state index in [2.05, 4.69) is 22.0 Å². The van der Waals surface area contributed by atoms with Crippen LogP contribution in [0.5, 0.6) is 5.75 Å². The van der Waals surface area contributed by atoms with Crippen molar-refractivity contribution in [3.05, 3.63) is 57.3 Å². The number of rotatable bonds is 6. The van der Waals surface area contributed by atoms with E-state index >= 15 is 0 Å². The number of carbonyl (C=O) groups excluding carboxylic acids is 1. The van der Waals surface area contributed by atoms with Crippen molar-refractivity contribution in [1.29, 1.82) is 0 Å². The summed E-state index contributed by atoms with van der Waals surface area (Å²) in [5, 5.41) is 0. The van der Waals surface area contributed by atoms with E-state index in [1.165, 1.54) is 5.56 Å². The zero-order valence-corrected chi connectivity index (χ0v) is 18.7. The molecule has 7 nitrogen and oxygen atoms in total. The molecule has 0 unspecified atom stereocenters. The highest BCUT2D eigenvalue weighted by atomic mass is 16.5. The zero-order chi connectivity index (χ0) is 22.0. The van der Waals surface area contributed by atoms with Gasteiger partial charge in [0.25, 0.3) is 5.56 Å². The topological polar surface area (TPSA) is 78.5 Å². The van der Waals surface area contributed by atoms with E-state index < -0.39 is 0 Å². The van der Waals surface area contributed by atoms with E-state index in [9.17, 15) is 9.59 Å². The second-order valence-corrected chi connectivity index (χ2v) is 8.76. The van der Waals surface area contributed by atoms with Crippen LogP contribution in [0.1, 0.15) is 55.3 Å². The predicted octanol–water partition coefficient (Wildman–Crippen LogP) is 2.70. The summed E-state index contributed by atoms with van der Waals surface area (Å²) in [6, 6.07) is 8.10. The van der Waals surface area contributed by atoms with Gasteiger partial charge in [0.1, 0.15) is 11.6 Å². The lowest BCUT2D eigenvalue weighted by atomic mass is 10.0. The first-order valence-corrected chi connectivity index (χ1v) is 11.2. The van der Waals surface area contributed by atoms with Gasteiger partial charge < -0.3 is 14.6 Å². The van der Waals surface area contributed by atoms with Crippen LogP contribution in [0.3, 0.4) is 0 Å². The van der Waals surface area contributed by atoms with E-state index in [0.29, 0.717) is 19.5 Å². The molecule has 2 aliphatic rings. The molecular weight excluding hydrogens is 392 g/mol. The molecule has 0 bridgehead atoms. The highest BCUT2D eigenvalue weighted by Crippen LogP contribution is 2.27. The number of benzene rings is 1. The summed E-state index contributed by atoms with van der Waals surface area (Å²) < 4.78 is 5.24. The number of hydrogen-bond donors (Lipinski definition) is 1. The molecule has 1 amide bonds. The molecule has 3 heterocycles. The van der Waals surface area contributed by atoms with Crippen LogP contribution in [0.25, 0.3) is 0 Å². The van der Waals surface area contributed by atoms with Gasteiger partial charge in [-0.05, 0) is 37.0 Å². The lowest BCUT2D eigenvalue weighted by Gasteiger charge is -2.28. The molecule has 0 aliphatic carbocycles. The number of carbonyl (C=O) groups is 1. The summed E-state index contributed by atoms with van der Waals surface area (Å²) in [6.45, 7) is 7.71. The highest BCUT2D eigenvalue weighted by molar-refractivity contribution is 5.78. The molecule has 0 saturated carbocycles. The molecule has 4 rings (SSSR count). The van der Waals surface area contributed by atoms with Crippen LogP contribution in [0.4, 0.5) is 0 Å². The summed E-state index contributed by atoms with van der Waals surface area (Å²) in [7, 11) is 1.67. The fourth-order valence-electron chi connectivity index (χ4n) is 4.50. The third-order valence-electron chi connectivity index (χ3n) is 6.66. The fraction of sp³-hybridized carbons (Fsp3) is 0.542. The Labute approximate surface area is 183 Å². The van der Waals surface area contributed by atoms with Crippen molar-refractivity contribution in [2.45, 2.75) is 52.1 Å². The van der Waals surface area contributed by atoms with Crippen LogP contribution < -0.4 is 10.3 Å². The van der Waals surface area contributed by atoms with Gasteiger partial charge in [0, 0.05) is 50.1 Å². The second-order valence-electron chi connectivity index (χ2n) is 8.76. The molecule has 1 fully saturated rings. The van der Waals surface area contributed by atoms with Gasteiger partial charge in [-0.25, -0.2) is 4.98 Å². The first kappa shape index (κ1) is 21.6. The van der Waals surface area contributed by atoms with Crippen LogP contribution in [0.15, 0.2) is 29.1 Å². The lowest BCUT2D eigenvalue weighted by molar-refractivity contribution is -0.134. The Bertz CT molecular complexity index is 985. The molecule has 1 saturated heterocycles. The number of nitrogens with zero attached hydrogens (tertiary/aromatic N) is 3. The molecule has 166 valence electrons. The van der Waals surface area contributed by atoms with Gasteiger partial charge in [-0.15, -0.1) is 0 Å². The molecule has 2 aromatic rings. The average Bonchev–Trinajstić information content (AvgIpc) is 3.28. The van der Waals surface area contributed by atoms with E-state index in [-0.39, 0.29) is 23.3 Å². The first-order chi connectivity index (χ1) is 15.0. The van der Waals surface area contributed by atoms with Crippen molar-refractivity contribution in [2.24, 2.45) is 5.92 Å². The Balaban J connectivity index is 1.46. The number of aromatic amines is 1. The Morgan fingerprint density at radius 1 is 1.29 bits per heavy atom. The summed E-state index contributed by atoms with van der Waals surface area (Å²) in [5.41, 5.74) is 2.88. The molecule has 1 N–H and O–H groups in total. The van der Waals surface area contributed by atoms with E-state index in [0.717, 1.165) is 55.3 Å². The minimum absolute atomic E-state index is 0.0178. The maximum Gasteiger partial charge on any atom is 0.254 e. The van der Waals surface area contributed by atoms with E-state index in [1.807, 2.05) is 30.9 Å². The second kappa shape index (κ2) is 9.22. The number of methoxy groups -OCH3 is 1. The predicted molar refractivity (Wildman–Crippen MR) is 119 cm³/mol. The molecular formula is C24H32N4O3. The number of fused-ring (bicyclic) bond motifs is 1. The van der Waals surface area contributed by atoms with Gasteiger partial charge in [0.05, 0.1) is 12.8 Å². The van der Waals surface area contributed by atoms with Crippen molar-refractivity contribution in [2.75, 3.05) is 26.7 Å². The quantitative estimate of drug-likeness (QED) is 0.771. The van der Waals surface area contributed by atoms with Crippen LogP contribution in [0.2, 0.25) is 0 Å². The smallest absolute Gasteiger partial charge is 0.254 e. The highest BCUT2D eigenvalue weighted by Gasteiger charge is 2.32. The largest absolute Gasteiger partial charge is 0.497 e. The number of hydrogen-bond acceptors (Lipinski definition) is 5. The molecule has 31 heavy (non-hydrogen) atoms. The molecule has 1 aromatic carbocycles. The van der Waals surface area contributed by atoms with Crippen molar-refractivity contribution < 1.29 is 9.53 Å². The minimum atomic E-state index is -0.0178. The molecule has 2 atom stereocenters. The van der Waals surface area contributed by atoms with E-state index in [1.54, 1.807) is 7.11 Å². The number of amides is 1. The number of ether oxygens (including phenoxy) is 1. The number of likely N-dealkylation sites (tertiary alicyclic amines) is 1. The standard InChI is InChI=1S/C24H32N4O3/c1-4-16(2)24(30)28-12-9-18(14-28)22-25-21-15-27(11-10-20(21)23(29)26-22)13-17-5-7-19(31-3)8-6-17/h5-8,16,18H,4,9-15H2,1-3H3,(H,25,26,29)/t16-,18-/m0/s1. The monoisotopic (exact) mass is 424 g/mol. The molecule has 2 aliphatic heterocycles. The van der Waals surface area contributed by atoms with E-state index in [4.69, 9.17) is 9.72 Å². The van der Waals surface area contributed by atoms with Crippen LogP contribution >= 0.6 is 0 Å². The number of aromatic nitrogens is 2. The summed E-state index contributed by atoms with van der Waals surface area (Å²) >= 11 is 0. The maximum absolute atomic E-state index is 12.7. The normalized spacial score (nSPS) is 19.8. The zero-order valence-electron chi connectivity index (χ0n) is 18.7. The summed E-state index contributed by atoms with van der Waals surface area (Å²) in [4.78, 5) is 37.4. The van der Waals surface area contributed by atoms with Gasteiger partial charge in [-0.2, -0.15) is 0 Å². The van der Waals surface area contributed by atoms with Crippen LogP contribution in [-0.2, 0) is 24.3 Å². The third kappa shape index (κ3) is 4.66. The molecule has 1 aromatic heterocycles. The fourth-order valence-corrected chi connectivity index (χ4v) is 4.50. The van der Waals surface area contributed by atoms with Crippen LogP contribution in [0, 0.1) is 5.92 Å². The molecule has 0 spiro atoms. The van der Waals surface area contributed by atoms with Crippen LogP contribution in [-0.4, -0.2) is 52.4 Å². The number of H-pyrrole nitrogens is 1. The van der Waals surface area contributed by atoms with Crippen molar-refractivity contribution in [1.82, 2.24) is 19.8 Å². The first-order valence-electron chi connectivity index (χ1n) is 11.2. The molecule has 0 radical (unpaired) electrons. The molecule has 7 heteroatoms. The third-order valence-corrected chi connectivity index (χ3v) is 6.66. The van der Waals surface area contributed by atoms with Crippen molar-refractivity contribution in [3.8, 4) is 5.75 Å². The van der Waals surface area contributed by atoms with Gasteiger partial charge in [-0.3, -0.25) is 14.5 Å². The SMILES string of the molecule is CC[C@H](C)C(=O)N1CC[C@H](c2nc3c(c(=O)[nH]2)CCN(Cc2ccc(OC)cc2)C3)C1. The Morgan fingerprint density at radius 2 is 2.06 bits per heavy atom. The van der Waals surface area contributed by atoms with Gasteiger partial charge in [0.15, 0.2) is 0 Å². The van der Waals surface area contributed by atoms with Crippen molar-refractivity contribution >= 4 is 5.91 Å². The Morgan fingerprint density at radius 3 is 2.77 bits per heavy atom. The van der Waals surface area contributed by atoms with Gasteiger partial charge in [-0.1, -0.05) is 26.0 Å². The maximum atomic E-state index is 12.7. The summed E-state index contributed by atoms with van der Waals surface area (Å²) in [5.74, 6) is 1.93. The van der Waals surface area contributed by atoms with Crippen molar-refractivity contribution in [3.63, 3.8) is 0 Å².